The number of benzene rings is 1. The van der Waals surface area contributed by atoms with Gasteiger partial charge in [-0.05, 0) is 34.0 Å². The molecule has 0 fully saturated rings. The van der Waals surface area contributed by atoms with Crippen LogP contribution in [0.25, 0.3) is 0 Å². The van der Waals surface area contributed by atoms with E-state index in [1.54, 1.807) is 38.1 Å². The van der Waals surface area contributed by atoms with Crippen molar-refractivity contribution in [2.75, 3.05) is 5.32 Å². The summed E-state index contributed by atoms with van der Waals surface area (Å²) in [5, 5.41) is 22.3. The van der Waals surface area contributed by atoms with Crippen molar-refractivity contribution in [3.05, 3.63) is 52.0 Å². The van der Waals surface area contributed by atoms with Gasteiger partial charge in [-0.25, -0.2) is 0 Å². The molecule has 0 spiro atoms. The molecular weight excluding hydrogens is 328 g/mol. The van der Waals surface area contributed by atoms with Crippen molar-refractivity contribution >= 4 is 23.4 Å². The molecule has 25 heavy (non-hydrogen) atoms. The third-order valence-corrected chi connectivity index (χ3v) is 3.67. The Morgan fingerprint density at radius 1 is 1.36 bits per heavy atom. The molecule has 0 radical (unpaired) electrons. The fourth-order valence-electron chi connectivity index (χ4n) is 2.26. The Balaban J connectivity index is 1.96. The zero-order valence-corrected chi connectivity index (χ0v) is 13.8. The lowest BCUT2D eigenvalue weighted by Gasteiger charge is -2.09. The van der Waals surface area contributed by atoms with Gasteiger partial charge in [0.15, 0.2) is 0 Å². The van der Waals surface area contributed by atoms with Gasteiger partial charge in [-0.1, -0.05) is 19.1 Å². The van der Waals surface area contributed by atoms with Gasteiger partial charge in [0.1, 0.15) is 12.7 Å². The summed E-state index contributed by atoms with van der Waals surface area (Å²) >= 11 is 0. The van der Waals surface area contributed by atoms with Crippen LogP contribution >= 0.6 is 0 Å². The van der Waals surface area contributed by atoms with Crippen LogP contribution in [0.2, 0.25) is 0 Å². The quantitative estimate of drug-likeness (QED) is 0.583. The minimum absolute atomic E-state index is 0.0928. The standard InChI is InChI=1S/C16H18N4O5/c1-10(16(22)23)7-12-3-5-13(6-4-12)18-15(21)9-19-8-14(20(24)25)17-11(19)2/h3-6,8,10H,7,9H2,1-2H3,(H,18,21)(H,22,23). The maximum atomic E-state index is 12.1. The second-order valence-corrected chi connectivity index (χ2v) is 5.72. The third kappa shape index (κ3) is 4.87. The van der Waals surface area contributed by atoms with Gasteiger partial charge >= 0.3 is 11.8 Å². The van der Waals surface area contributed by atoms with E-state index in [2.05, 4.69) is 10.3 Å². The van der Waals surface area contributed by atoms with Crippen LogP contribution in [0.5, 0.6) is 0 Å². The maximum Gasteiger partial charge on any atom is 0.381 e. The molecule has 0 aliphatic carbocycles. The largest absolute Gasteiger partial charge is 0.481 e. The molecule has 0 saturated carbocycles. The predicted molar refractivity (Wildman–Crippen MR) is 89.2 cm³/mol. The van der Waals surface area contributed by atoms with E-state index in [4.69, 9.17) is 5.11 Å². The Kier molecular flexibility index (Phi) is 5.48. The van der Waals surface area contributed by atoms with Crippen LogP contribution in [0, 0.1) is 23.0 Å². The minimum atomic E-state index is -0.859. The number of anilines is 1. The van der Waals surface area contributed by atoms with E-state index in [9.17, 15) is 19.7 Å². The van der Waals surface area contributed by atoms with Gasteiger partial charge in [0.25, 0.3) is 0 Å². The van der Waals surface area contributed by atoms with Gasteiger partial charge in [-0.3, -0.25) is 14.2 Å². The lowest BCUT2D eigenvalue weighted by molar-refractivity contribution is -0.389. The zero-order valence-electron chi connectivity index (χ0n) is 13.8. The van der Waals surface area contributed by atoms with Crippen LogP contribution in [-0.2, 0) is 22.6 Å². The topological polar surface area (TPSA) is 127 Å². The molecular formula is C16H18N4O5. The highest BCUT2D eigenvalue weighted by Gasteiger charge is 2.17. The number of nitrogens with zero attached hydrogens (tertiary/aromatic N) is 3. The molecule has 1 amide bonds. The van der Waals surface area contributed by atoms with Crippen molar-refractivity contribution in [1.82, 2.24) is 9.55 Å². The number of hydrogen-bond acceptors (Lipinski definition) is 5. The number of aryl methyl sites for hydroxylation is 1. The summed E-state index contributed by atoms with van der Waals surface area (Å²) in [6.45, 7) is 3.12. The number of rotatable bonds is 7. The lowest BCUT2D eigenvalue weighted by Crippen LogP contribution is -2.19. The molecule has 9 nitrogen and oxygen atoms in total. The molecule has 132 valence electrons. The minimum Gasteiger partial charge on any atom is -0.481 e. The van der Waals surface area contributed by atoms with Crippen molar-refractivity contribution in [2.24, 2.45) is 5.92 Å². The monoisotopic (exact) mass is 346 g/mol. The molecule has 1 unspecified atom stereocenters. The molecule has 2 rings (SSSR count). The number of nitro groups is 1. The number of aromatic nitrogens is 2. The molecule has 1 atom stereocenters. The first kappa shape index (κ1) is 18.1. The Bertz CT molecular complexity index is 797. The van der Waals surface area contributed by atoms with Crippen LogP contribution in [-0.4, -0.2) is 31.5 Å². The first-order chi connectivity index (χ1) is 11.8. The average molecular weight is 346 g/mol. The van der Waals surface area contributed by atoms with Crippen molar-refractivity contribution in [3.63, 3.8) is 0 Å². The summed E-state index contributed by atoms with van der Waals surface area (Å²) in [6, 6.07) is 6.88. The number of nitrogens with one attached hydrogen (secondary N) is 1. The second-order valence-electron chi connectivity index (χ2n) is 5.72. The van der Waals surface area contributed by atoms with Crippen molar-refractivity contribution in [1.29, 1.82) is 0 Å². The molecule has 9 heteroatoms. The van der Waals surface area contributed by atoms with Crippen molar-refractivity contribution < 1.29 is 19.6 Å². The van der Waals surface area contributed by atoms with E-state index in [0.29, 0.717) is 17.9 Å². The highest BCUT2D eigenvalue weighted by molar-refractivity contribution is 5.90. The molecule has 0 aliphatic rings. The number of aliphatic carboxylic acids is 1. The first-order valence-corrected chi connectivity index (χ1v) is 7.56. The second kappa shape index (κ2) is 7.56. The fourth-order valence-corrected chi connectivity index (χ4v) is 2.26. The Hall–Kier alpha value is -3.23. The van der Waals surface area contributed by atoms with Gasteiger partial charge in [0.2, 0.25) is 11.7 Å². The molecule has 0 saturated heterocycles. The van der Waals surface area contributed by atoms with Crippen molar-refractivity contribution in [2.45, 2.75) is 26.8 Å². The average Bonchev–Trinajstić information content (AvgIpc) is 2.90. The van der Waals surface area contributed by atoms with E-state index < -0.39 is 16.8 Å². The SMILES string of the molecule is Cc1nc([N+](=O)[O-])cn1CC(=O)Nc1ccc(CC(C)C(=O)O)cc1. The number of carbonyl (C=O) groups is 2. The first-order valence-electron chi connectivity index (χ1n) is 7.56. The van der Waals surface area contributed by atoms with Crippen molar-refractivity contribution in [3.8, 4) is 0 Å². The van der Waals surface area contributed by atoms with Gasteiger partial charge in [-0.15, -0.1) is 0 Å². The Morgan fingerprint density at radius 2 is 2.00 bits per heavy atom. The number of imidazole rings is 1. The highest BCUT2D eigenvalue weighted by atomic mass is 16.6. The third-order valence-electron chi connectivity index (χ3n) is 3.67. The summed E-state index contributed by atoms with van der Waals surface area (Å²) < 4.78 is 1.40. The molecule has 1 aromatic heterocycles. The van der Waals surface area contributed by atoms with Gasteiger partial charge in [0, 0.05) is 12.6 Å². The number of carboxylic acids is 1. The summed E-state index contributed by atoms with van der Waals surface area (Å²) in [6.07, 6.45) is 1.62. The molecule has 2 N–H and O–H groups in total. The maximum absolute atomic E-state index is 12.1. The van der Waals surface area contributed by atoms with Crippen LogP contribution in [0.4, 0.5) is 11.5 Å². The van der Waals surface area contributed by atoms with Crippen LogP contribution in [0.15, 0.2) is 30.5 Å². The Morgan fingerprint density at radius 3 is 2.52 bits per heavy atom. The summed E-state index contributed by atoms with van der Waals surface area (Å²) in [5.74, 6) is -1.62. The molecule has 0 aliphatic heterocycles. The van der Waals surface area contributed by atoms with Gasteiger partial charge in [0.05, 0.1) is 5.92 Å². The Labute approximate surface area is 143 Å². The molecule has 0 bridgehead atoms. The van der Waals surface area contributed by atoms with Gasteiger partial charge < -0.3 is 20.5 Å². The van der Waals surface area contributed by atoms with Gasteiger partial charge in [-0.2, -0.15) is 0 Å². The van der Waals surface area contributed by atoms with Crippen LogP contribution < -0.4 is 5.32 Å². The molecule has 2 aromatic rings. The van der Waals surface area contributed by atoms with E-state index in [1.807, 2.05) is 0 Å². The van der Waals surface area contributed by atoms with Crippen LogP contribution in [0.1, 0.15) is 18.3 Å². The predicted octanol–water partition coefficient (Wildman–Crippen LogP) is 2.00. The van der Waals surface area contributed by atoms with E-state index >= 15 is 0 Å². The summed E-state index contributed by atoms with van der Waals surface area (Å²) in [5.41, 5.74) is 1.41. The van der Waals surface area contributed by atoms with E-state index in [1.165, 1.54) is 10.8 Å². The number of amides is 1. The van der Waals surface area contributed by atoms with Crippen LogP contribution in [0.3, 0.4) is 0 Å². The molecule has 1 aromatic carbocycles. The molecule has 1 heterocycles. The smallest absolute Gasteiger partial charge is 0.381 e. The number of hydrogen-bond donors (Lipinski definition) is 2. The van der Waals surface area contributed by atoms with E-state index in [0.717, 1.165) is 5.56 Å². The number of carbonyl (C=O) groups excluding carboxylic acids is 1. The fraction of sp³-hybridized carbons (Fsp3) is 0.312. The highest BCUT2D eigenvalue weighted by Crippen LogP contribution is 2.14. The normalized spacial score (nSPS) is 11.8. The summed E-state index contributed by atoms with van der Waals surface area (Å²) in [4.78, 5) is 36.7. The zero-order chi connectivity index (χ0) is 18.6. The van der Waals surface area contributed by atoms with E-state index in [-0.39, 0.29) is 18.3 Å². The summed E-state index contributed by atoms with van der Waals surface area (Å²) in [7, 11) is 0. The lowest BCUT2D eigenvalue weighted by atomic mass is 10.0. The number of carboxylic acid groups (broad SMARTS) is 1.